The molecule has 0 aliphatic heterocycles. The Morgan fingerprint density at radius 3 is 1.11 bits per heavy atom. The molecule has 0 saturated heterocycles. The van der Waals surface area contributed by atoms with E-state index >= 15 is 0 Å². The number of hydrogen-bond donors (Lipinski definition) is 0. The second kappa shape index (κ2) is 48.7. The van der Waals surface area contributed by atoms with E-state index in [2.05, 4.69) is 45.1 Å². The van der Waals surface area contributed by atoms with Crippen LogP contribution in [-0.2, 0) is 38.1 Å². The third-order valence-corrected chi connectivity index (χ3v) is 11.9. The fraction of sp³-hybridized carbons (Fsp3) is 0.870. The van der Waals surface area contributed by atoms with E-state index in [1.165, 1.54) is 109 Å². The molecular formula is C54H100O8. The number of Topliss-reactive ketones (excluding diaryl/α,β-unsaturated/α-hetero) is 3. The number of carbonyl (C=O) groups excluding carboxylic acids is 3. The van der Waals surface area contributed by atoms with Crippen LogP contribution in [0, 0.1) is 0 Å². The van der Waals surface area contributed by atoms with Gasteiger partial charge in [0.05, 0.1) is 25.4 Å². The predicted molar refractivity (Wildman–Crippen MR) is 260 cm³/mol. The van der Waals surface area contributed by atoms with Crippen LogP contribution in [0.25, 0.3) is 0 Å². The number of rotatable bonds is 51. The molecular weight excluding hydrogens is 777 g/mol. The Hall–Kier alpha value is -1.71. The van der Waals surface area contributed by atoms with Gasteiger partial charge in [0.25, 0.3) is 0 Å². The van der Waals surface area contributed by atoms with Gasteiger partial charge in [0.15, 0.2) is 17.3 Å². The van der Waals surface area contributed by atoms with Gasteiger partial charge in [0.1, 0.15) is 25.9 Å². The minimum Gasteiger partial charge on any atom is -0.381 e. The lowest BCUT2D eigenvalue weighted by molar-refractivity contribution is -0.135. The fourth-order valence-electron chi connectivity index (χ4n) is 7.68. The Morgan fingerprint density at radius 2 is 0.726 bits per heavy atom. The summed E-state index contributed by atoms with van der Waals surface area (Å²) in [5, 5.41) is 0. The van der Waals surface area contributed by atoms with Crippen LogP contribution in [0.3, 0.4) is 0 Å². The highest BCUT2D eigenvalue weighted by atomic mass is 16.6. The third kappa shape index (κ3) is 43.5. The summed E-state index contributed by atoms with van der Waals surface area (Å²) in [4.78, 5) is 37.8. The zero-order valence-corrected chi connectivity index (χ0v) is 41.4. The molecule has 0 aliphatic carbocycles. The summed E-state index contributed by atoms with van der Waals surface area (Å²) < 4.78 is 28.8. The smallest absolute Gasteiger partial charge is 0.158 e. The predicted octanol–water partition coefficient (Wildman–Crippen LogP) is 14.6. The molecule has 0 rings (SSSR count). The molecule has 3 atom stereocenters. The van der Waals surface area contributed by atoms with E-state index in [9.17, 15) is 14.4 Å². The molecule has 0 fully saturated rings. The van der Waals surface area contributed by atoms with Crippen molar-refractivity contribution in [1.29, 1.82) is 0 Å². The second-order valence-corrected chi connectivity index (χ2v) is 17.9. The van der Waals surface area contributed by atoms with Crippen LogP contribution in [0.4, 0.5) is 0 Å². The highest BCUT2D eigenvalue weighted by Crippen LogP contribution is 2.15. The van der Waals surface area contributed by atoms with Gasteiger partial charge in [0, 0.05) is 33.5 Å². The lowest BCUT2D eigenvalue weighted by Gasteiger charge is -2.18. The summed E-state index contributed by atoms with van der Waals surface area (Å²) in [6.45, 7) is 7.07. The summed E-state index contributed by atoms with van der Waals surface area (Å²) in [5.74, 6) is 0.240. The number of allylic oxidation sites excluding steroid dienone is 2. The number of ketones is 3. The van der Waals surface area contributed by atoms with E-state index in [0.29, 0.717) is 31.5 Å². The van der Waals surface area contributed by atoms with Gasteiger partial charge in [0.2, 0.25) is 0 Å². The second-order valence-electron chi connectivity index (χ2n) is 17.9. The Balaban J connectivity index is 4.41. The first-order chi connectivity index (χ1) is 30.4. The van der Waals surface area contributed by atoms with Gasteiger partial charge in [-0.15, -0.1) is 0 Å². The van der Waals surface area contributed by atoms with Gasteiger partial charge >= 0.3 is 0 Å². The SMILES string of the molecule is CCCCCCCCCC(=O)COCC(COCC(=O)CCCCCCC/C=C/CC(CCCCCC)OC)OCC(=O)CCCCCCC/C=C/CC(CCCCCC)OC. The van der Waals surface area contributed by atoms with Crippen LogP contribution in [0.5, 0.6) is 0 Å². The van der Waals surface area contributed by atoms with Crippen molar-refractivity contribution >= 4 is 17.3 Å². The molecule has 0 amide bonds. The van der Waals surface area contributed by atoms with Crippen LogP contribution in [-0.4, -0.2) is 82.9 Å². The average Bonchev–Trinajstić information content (AvgIpc) is 3.27. The van der Waals surface area contributed by atoms with Crippen LogP contribution in [0.2, 0.25) is 0 Å². The molecule has 0 radical (unpaired) electrons. The van der Waals surface area contributed by atoms with Crippen LogP contribution >= 0.6 is 0 Å². The maximum atomic E-state index is 12.7. The first-order valence-corrected chi connectivity index (χ1v) is 26.1. The summed E-state index contributed by atoms with van der Waals surface area (Å²) in [6.07, 6.45) is 46.5. The van der Waals surface area contributed by atoms with Crippen molar-refractivity contribution in [3.63, 3.8) is 0 Å². The molecule has 0 N–H and O–H groups in total. The van der Waals surface area contributed by atoms with Crippen molar-refractivity contribution in [3.8, 4) is 0 Å². The van der Waals surface area contributed by atoms with Crippen molar-refractivity contribution in [2.24, 2.45) is 0 Å². The third-order valence-electron chi connectivity index (χ3n) is 11.9. The first kappa shape index (κ1) is 60.3. The van der Waals surface area contributed by atoms with Crippen molar-refractivity contribution in [2.45, 2.75) is 257 Å². The van der Waals surface area contributed by atoms with E-state index in [4.69, 9.17) is 23.7 Å². The van der Waals surface area contributed by atoms with Gasteiger partial charge in [-0.3, -0.25) is 14.4 Å². The minimum atomic E-state index is -0.508. The summed E-state index contributed by atoms with van der Waals surface area (Å²) >= 11 is 0. The topological polar surface area (TPSA) is 97.4 Å². The van der Waals surface area contributed by atoms with E-state index in [0.717, 1.165) is 89.9 Å². The first-order valence-electron chi connectivity index (χ1n) is 26.1. The molecule has 0 aromatic carbocycles. The number of methoxy groups -OCH3 is 2. The van der Waals surface area contributed by atoms with E-state index in [1.807, 2.05) is 14.2 Å². The Labute approximate surface area is 383 Å². The number of ether oxygens (including phenoxy) is 5. The standard InChI is InChI=1S/C54H100O8/c1-6-9-12-15-20-25-30-37-49(55)44-60-47-54(62-46-51(57)39-32-27-22-17-19-24-29-36-43-53(59-5)41-34-14-11-8-3)48-61-45-50(56)38-31-26-21-16-18-23-28-35-42-52(58-4)40-33-13-10-7-2/h28-29,35-36,52-54H,6-27,30-34,37-48H2,1-5H3/b35-28+,36-29+. The van der Waals surface area contributed by atoms with Crippen LogP contribution < -0.4 is 0 Å². The number of carbonyl (C=O) groups is 3. The molecule has 0 spiro atoms. The van der Waals surface area contributed by atoms with Gasteiger partial charge in [-0.2, -0.15) is 0 Å². The molecule has 8 nitrogen and oxygen atoms in total. The normalized spacial score (nSPS) is 13.4. The highest BCUT2D eigenvalue weighted by molar-refractivity contribution is 5.80. The van der Waals surface area contributed by atoms with Crippen LogP contribution in [0.15, 0.2) is 24.3 Å². The fourth-order valence-corrected chi connectivity index (χ4v) is 7.68. The highest BCUT2D eigenvalue weighted by Gasteiger charge is 2.15. The van der Waals surface area contributed by atoms with Crippen molar-refractivity contribution < 1.29 is 38.1 Å². The molecule has 0 heterocycles. The van der Waals surface area contributed by atoms with E-state index in [-0.39, 0.29) is 50.4 Å². The monoisotopic (exact) mass is 877 g/mol. The quantitative estimate of drug-likeness (QED) is 0.0440. The number of unbranched alkanes of at least 4 members (excludes halogenated alkanes) is 22. The molecule has 364 valence electrons. The molecule has 0 aromatic heterocycles. The molecule has 0 bridgehead atoms. The number of hydrogen-bond acceptors (Lipinski definition) is 8. The zero-order chi connectivity index (χ0) is 45.4. The maximum Gasteiger partial charge on any atom is 0.158 e. The molecule has 0 saturated carbocycles. The Bertz CT molecular complexity index is 1040. The lowest BCUT2D eigenvalue weighted by Crippen LogP contribution is -2.30. The van der Waals surface area contributed by atoms with Crippen LogP contribution in [0.1, 0.15) is 239 Å². The van der Waals surface area contributed by atoms with Gasteiger partial charge in [-0.25, -0.2) is 0 Å². The van der Waals surface area contributed by atoms with Gasteiger partial charge in [-0.05, 0) is 70.6 Å². The minimum absolute atomic E-state index is 0.00817. The molecule has 0 aliphatic rings. The van der Waals surface area contributed by atoms with E-state index in [1.54, 1.807) is 0 Å². The van der Waals surface area contributed by atoms with Crippen molar-refractivity contribution in [2.75, 3.05) is 47.3 Å². The van der Waals surface area contributed by atoms with Gasteiger partial charge in [-0.1, -0.05) is 173 Å². The maximum absolute atomic E-state index is 12.7. The Morgan fingerprint density at radius 1 is 0.387 bits per heavy atom. The summed E-state index contributed by atoms with van der Waals surface area (Å²) in [5.41, 5.74) is 0. The Kier molecular flexibility index (Phi) is 47.4. The lowest BCUT2D eigenvalue weighted by atomic mass is 10.1. The largest absolute Gasteiger partial charge is 0.381 e. The summed E-state index contributed by atoms with van der Waals surface area (Å²) in [6, 6.07) is 0. The molecule has 3 unspecified atom stereocenters. The summed E-state index contributed by atoms with van der Waals surface area (Å²) in [7, 11) is 3.65. The molecule has 62 heavy (non-hydrogen) atoms. The average molecular weight is 877 g/mol. The molecule has 0 aromatic rings. The van der Waals surface area contributed by atoms with E-state index < -0.39 is 6.10 Å². The van der Waals surface area contributed by atoms with Crippen molar-refractivity contribution in [1.82, 2.24) is 0 Å². The zero-order valence-electron chi connectivity index (χ0n) is 41.4. The van der Waals surface area contributed by atoms with Crippen molar-refractivity contribution in [3.05, 3.63) is 24.3 Å². The van der Waals surface area contributed by atoms with Gasteiger partial charge < -0.3 is 23.7 Å². The molecule has 8 heteroatoms.